The highest BCUT2D eigenvalue weighted by atomic mass is 79.9. The number of hydrogen-bond donors (Lipinski definition) is 0. The largest absolute Gasteiger partial charge is 0.298 e. The zero-order chi connectivity index (χ0) is 7.84. The molecule has 3 fully saturated rings. The average Bonchev–Trinajstić information content (AvgIpc) is 2.22. The van der Waals surface area contributed by atoms with E-state index < -0.39 is 0 Å². The van der Waals surface area contributed by atoms with Gasteiger partial charge in [0.05, 0.1) is 4.83 Å². The maximum Gasteiger partial charge on any atom is 0.149 e. The van der Waals surface area contributed by atoms with Crippen molar-refractivity contribution in [3.63, 3.8) is 0 Å². The number of ketones is 1. The Morgan fingerprint density at radius 2 is 1.82 bits per heavy atom. The molecule has 11 heavy (non-hydrogen) atoms. The average molecular weight is 217 g/mol. The second-order valence-electron chi connectivity index (χ2n) is 3.82. The van der Waals surface area contributed by atoms with E-state index in [0.717, 1.165) is 25.2 Å². The van der Waals surface area contributed by atoms with Gasteiger partial charge in [-0.1, -0.05) is 15.9 Å². The number of alkyl halides is 1. The van der Waals surface area contributed by atoms with Gasteiger partial charge in [-0.05, 0) is 38.0 Å². The number of carbonyl (C=O) groups excluding carboxylic acids is 1. The molecule has 0 aromatic carbocycles. The van der Waals surface area contributed by atoms with E-state index in [0.29, 0.717) is 11.7 Å². The van der Waals surface area contributed by atoms with Crippen LogP contribution >= 0.6 is 15.9 Å². The second kappa shape index (κ2) is 2.89. The highest BCUT2D eigenvalue weighted by Crippen LogP contribution is 2.39. The van der Waals surface area contributed by atoms with Crippen LogP contribution in [0, 0.1) is 11.8 Å². The lowest BCUT2D eigenvalue weighted by molar-refractivity contribution is -0.122. The molecule has 0 spiro atoms. The van der Waals surface area contributed by atoms with Gasteiger partial charge in [-0.2, -0.15) is 0 Å². The summed E-state index contributed by atoms with van der Waals surface area (Å²) in [6.45, 7) is 0. The molecule has 0 aliphatic heterocycles. The van der Waals surface area contributed by atoms with Crippen molar-refractivity contribution in [2.75, 3.05) is 0 Å². The van der Waals surface area contributed by atoms with Crippen LogP contribution in [0.2, 0.25) is 0 Å². The molecule has 0 heterocycles. The minimum absolute atomic E-state index is 0.183. The summed E-state index contributed by atoms with van der Waals surface area (Å²) in [6.07, 6.45) is 5.99. The number of rotatable bonds is 0. The minimum atomic E-state index is 0.183. The third-order valence-corrected chi connectivity index (χ3v) is 3.92. The van der Waals surface area contributed by atoms with E-state index in [9.17, 15) is 4.79 Å². The fourth-order valence-corrected chi connectivity index (χ4v) is 3.25. The Balaban J connectivity index is 2.19. The SMILES string of the molecule is O=C1C(Br)CC2CCC1CC2. The number of carbonyl (C=O) groups is 1. The molecule has 3 aliphatic rings. The number of Topliss-reactive ketones (excluding diaryl/α,β-unsaturated/α-hetero) is 1. The molecule has 3 rings (SSSR count). The zero-order valence-corrected chi connectivity index (χ0v) is 8.14. The van der Waals surface area contributed by atoms with Gasteiger partial charge in [0.15, 0.2) is 0 Å². The summed E-state index contributed by atoms with van der Waals surface area (Å²) in [5.74, 6) is 1.71. The van der Waals surface area contributed by atoms with Crippen molar-refractivity contribution < 1.29 is 4.79 Å². The molecule has 3 aliphatic carbocycles. The molecule has 0 N–H and O–H groups in total. The van der Waals surface area contributed by atoms with Gasteiger partial charge in [-0.3, -0.25) is 4.79 Å². The van der Waals surface area contributed by atoms with Crippen LogP contribution in [0.3, 0.4) is 0 Å². The number of fused-ring (bicyclic) bond motifs is 4. The lowest BCUT2D eigenvalue weighted by Crippen LogP contribution is -2.20. The van der Waals surface area contributed by atoms with Crippen LogP contribution in [0.4, 0.5) is 0 Å². The maximum atomic E-state index is 11.6. The fourth-order valence-electron chi connectivity index (χ4n) is 2.35. The molecule has 0 aromatic rings. The molecule has 1 atom stereocenters. The van der Waals surface area contributed by atoms with Gasteiger partial charge in [-0.25, -0.2) is 0 Å². The second-order valence-corrected chi connectivity index (χ2v) is 4.93. The smallest absolute Gasteiger partial charge is 0.149 e. The summed E-state index contributed by atoms with van der Waals surface area (Å²) >= 11 is 3.47. The van der Waals surface area contributed by atoms with Crippen LogP contribution < -0.4 is 0 Å². The Bertz CT molecular complexity index is 170. The predicted molar refractivity (Wildman–Crippen MR) is 47.8 cm³/mol. The monoisotopic (exact) mass is 216 g/mol. The molecule has 3 saturated carbocycles. The predicted octanol–water partition coefficient (Wildman–Crippen LogP) is 2.53. The van der Waals surface area contributed by atoms with Crippen molar-refractivity contribution in [2.45, 2.75) is 36.9 Å². The minimum Gasteiger partial charge on any atom is -0.298 e. The lowest BCUT2D eigenvalue weighted by Gasteiger charge is -2.20. The first-order valence-electron chi connectivity index (χ1n) is 4.45. The van der Waals surface area contributed by atoms with E-state index in [1.165, 1.54) is 12.8 Å². The van der Waals surface area contributed by atoms with Gasteiger partial charge in [0, 0.05) is 5.92 Å². The molecule has 0 aromatic heterocycles. The summed E-state index contributed by atoms with van der Waals surface area (Å²) < 4.78 is 0. The molecular weight excluding hydrogens is 204 g/mol. The Labute approximate surface area is 75.7 Å². The Hall–Kier alpha value is 0.150. The molecule has 1 unspecified atom stereocenters. The normalized spacial score (nSPS) is 44.1. The fraction of sp³-hybridized carbons (Fsp3) is 0.889. The van der Waals surface area contributed by atoms with Crippen LogP contribution in [0.1, 0.15) is 32.1 Å². The van der Waals surface area contributed by atoms with Crippen LogP contribution in [-0.4, -0.2) is 10.6 Å². The highest BCUT2D eigenvalue weighted by Gasteiger charge is 2.35. The van der Waals surface area contributed by atoms with Crippen molar-refractivity contribution in [3.8, 4) is 0 Å². The van der Waals surface area contributed by atoms with Gasteiger partial charge in [0.2, 0.25) is 0 Å². The summed E-state index contributed by atoms with van der Waals surface area (Å²) in [6, 6.07) is 0. The van der Waals surface area contributed by atoms with Gasteiger partial charge >= 0.3 is 0 Å². The van der Waals surface area contributed by atoms with Gasteiger partial charge in [0.1, 0.15) is 5.78 Å². The van der Waals surface area contributed by atoms with Crippen LogP contribution in [0.5, 0.6) is 0 Å². The van der Waals surface area contributed by atoms with Crippen LogP contribution in [0.25, 0.3) is 0 Å². The quantitative estimate of drug-likeness (QED) is 0.570. The topological polar surface area (TPSA) is 17.1 Å². The van der Waals surface area contributed by atoms with E-state index in [2.05, 4.69) is 15.9 Å². The molecule has 0 amide bonds. The van der Waals surface area contributed by atoms with E-state index in [4.69, 9.17) is 0 Å². The van der Waals surface area contributed by atoms with Crippen LogP contribution in [-0.2, 0) is 4.79 Å². The van der Waals surface area contributed by atoms with Crippen molar-refractivity contribution >= 4 is 21.7 Å². The van der Waals surface area contributed by atoms with Crippen LogP contribution in [0.15, 0.2) is 0 Å². The van der Waals surface area contributed by atoms with E-state index >= 15 is 0 Å². The van der Waals surface area contributed by atoms with Crippen molar-refractivity contribution in [1.29, 1.82) is 0 Å². The van der Waals surface area contributed by atoms with Gasteiger partial charge in [-0.15, -0.1) is 0 Å². The van der Waals surface area contributed by atoms with Crippen molar-refractivity contribution in [3.05, 3.63) is 0 Å². The van der Waals surface area contributed by atoms with Gasteiger partial charge < -0.3 is 0 Å². The molecule has 2 heteroatoms. The first kappa shape index (κ1) is 7.78. The molecule has 2 bridgehead atoms. The Kier molecular flexibility index (Phi) is 2.04. The van der Waals surface area contributed by atoms with E-state index in [-0.39, 0.29) is 4.83 Å². The Morgan fingerprint density at radius 3 is 2.45 bits per heavy atom. The molecule has 0 saturated heterocycles. The standard InChI is InChI=1S/C9H13BrO/c10-8-5-6-1-3-7(4-2-6)9(8)11/h6-8H,1-5H2. The third kappa shape index (κ3) is 1.37. The summed E-state index contributed by atoms with van der Waals surface area (Å²) in [5.41, 5.74) is 0. The van der Waals surface area contributed by atoms with Crippen molar-refractivity contribution in [2.24, 2.45) is 11.8 Å². The van der Waals surface area contributed by atoms with E-state index in [1.54, 1.807) is 0 Å². The van der Waals surface area contributed by atoms with Crippen molar-refractivity contribution in [1.82, 2.24) is 0 Å². The zero-order valence-electron chi connectivity index (χ0n) is 6.55. The molecule has 62 valence electrons. The first-order valence-corrected chi connectivity index (χ1v) is 5.36. The molecular formula is C9H13BrO. The maximum absolute atomic E-state index is 11.6. The summed E-state index contributed by atoms with van der Waals surface area (Å²) in [5, 5.41) is 0. The molecule has 1 nitrogen and oxygen atoms in total. The molecule has 0 radical (unpaired) electrons. The third-order valence-electron chi connectivity index (χ3n) is 3.10. The lowest BCUT2D eigenvalue weighted by atomic mass is 9.84. The highest BCUT2D eigenvalue weighted by molar-refractivity contribution is 9.10. The number of hydrogen-bond acceptors (Lipinski definition) is 1. The van der Waals surface area contributed by atoms with Gasteiger partial charge in [0.25, 0.3) is 0 Å². The first-order chi connectivity index (χ1) is 5.27. The summed E-state index contributed by atoms with van der Waals surface area (Å²) in [4.78, 5) is 11.7. The van der Waals surface area contributed by atoms with E-state index in [1.807, 2.05) is 0 Å². The summed E-state index contributed by atoms with van der Waals surface area (Å²) in [7, 11) is 0. The Morgan fingerprint density at radius 1 is 1.18 bits per heavy atom. The number of halogens is 1.